The van der Waals surface area contributed by atoms with Crippen LogP contribution >= 0.6 is 11.6 Å². The maximum absolute atomic E-state index is 13.5. The monoisotopic (exact) mass is 295 g/mol. The fourth-order valence-electron chi connectivity index (χ4n) is 2.46. The first kappa shape index (κ1) is 15.0. The summed E-state index contributed by atoms with van der Waals surface area (Å²) in [5, 5.41) is 8.19. The van der Waals surface area contributed by atoms with Crippen molar-refractivity contribution in [3.8, 4) is 0 Å². The summed E-state index contributed by atoms with van der Waals surface area (Å²) < 4.78 is 15.1. The van der Waals surface area contributed by atoms with Crippen LogP contribution in [0.15, 0.2) is 18.2 Å². The second-order valence-corrected chi connectivity index (χ2v) is 5.38. The molecule has 1 atom stereocenters. The predicted octanol–water partition coefficient (Wildman–Crippen LogP) is 3.33. The molecule has 0 aliphatic carbocycles. The van der Waals surface area contributed by atoms with E-state index in [-0.39, 0.29) is 11.9 Å². The summed E-state index contributed by atoms with van der Waals surface area (Å²) in [5.74, 6) is -0.222. The van der Waals surface area contributed by atoms with Crippen molar-refractivity contribution in [2.45, 2.75) is 26.3 Å². The minimum absolute atomic E-state index is 0.00565. The van der Waals surface area contributed by atoms with Gasteiger partial charge in [0, 0.05) is 18.7 Å². The van der Waals surface area contributed by atoms with Crippen molar-refractivity contribution in [2.75, 3.05) is 7.05 Å². The summed E-state index contributed by atoms with van der Waals surface area (Å²) >= 11 is 6.27. The molecule has 1 unspecified atom stereocenters. The number of aromatic nitrogens is 2. The molecule has 0 saturated heterocycles. The average molecular weight is 296 g/mol. The van der Waals surface area contributed by atoms with E-state index >= 15 is 0 Å². The van der Waals surface area contributed by atoms with Gasteiger partial charge in [-0.05, 0) is 50.6 Å². The lowest BCUT2D eigenvalue weighted by atomic mass is 9.95. The largest absolute Gasteiger partial charge is 0.313 e. The van der Waals surface area contributed by atoms with Crippen molar-refractivity contribution in [3.63, 3.8) is 0 Å². The molecule has 0 aliphatic rings. The van der Waals surface area contributed by atoms with E-state index in [0.717, 1.165) is 22.4 Å². The van der Waals surface area contributed by atoms with Crippen molar-refractivity contribution in [2.24, 2.45) is 7.05 Å². The van der Waals surface area contributed by atoms with Gasteiger partial charge in [0.05, 0.1) is 5.69 Å². The smallest absolute Gasteiger partial charge is 0.130 e. The number of benzene rings is 1. The number of hydrogen-bond acceptors (Lipinski definition) is 2. The molecule has 2 aromatic rings. The highest BCUT2D eigenvalue weighted by atomic mass is 35.5. The summed E-state index contributed by atoms with van der Waals surface area (Å²) in [6, 6.07) is 4.86. The van der Waals surface area contributed by atoms with Gasteiger partial charge in [0.25, 0.3) is 0 Å². The molecule has 0 spiro atoms. The van der Waals surface area contributed by atoms with E-state index in [4.69, 9.17) is 11.6 Å². The highest BCUT2D eigenvalue weighted by Crippen LogP contribution is 2.27. The SMILES string of the molecule is CNC(Cc1c(C)nn(C)c1Cl)c1cc(F)ccc1C. The van der Waals surface area contributed by atoms with Crippen LogP contribution in [-0.4, -0.2) is 16.8 Å². The number of aryl methyl sites for hydroxylation is 3. The Bertz CT molecular complexity index is 622. The molecule has 1 aromatic heterocycles. The van der Waals surface area contributed by atoms with Gasteiger partial charge in [-0.2, -0.15) is 5.10 Å². The zero-order valence-electron chi connectivity index (χ0n) is 12.2. The average Bonchev–Trinajstić information content (AvgIpc) is 2.65. The third kappa shape index (κ3) is 2.86. The Balaban J connectivity index is 2.36. The van der Waals surface area contributed by atoms with Gasteiger partial charge in [0.1, 0.15) is 11.0 Å². The van der Waals surface area contributed by atoms with Gasteiger partial charge < -0.3 is 5.32 Å². The van der Waals surface area contributed by atoms with E-state index in [1.165, 1.54) is 6.07 Å². The van der Waals surface area contributed by atoms with E-state index in [9.17, 15) is 4.39 Å². The zero-order chi connectivity index (χ0) is 14.9. The van der Waals surface area contributed by atoms with Gasteiger partial charge in [-0.3, -0.25) is 4.68 Å². The van der Waals surface area contributed by atoms with Gasteiger partial charge in [-0.1, -0.05) is 17.7 Å². The Kier molecular flexibility index (Phi) is 4.45. The van der Waals surface area contributed by atoms with Crippen molar-refractivity contribution in [1.29, 1.82) is 0 Å². The highest BCUT2D eigenvalue weighted by Gasteiger charge is 2.19. The Morgan fingerprint density at radius 1 is 1.40 bits per heavy atom. The Morgan fingerprint density at radius 3 is 2.65 bits per heavy atom. The first-order chi connectivity index (χ1) is 9.43. The lowest BCUT2D eigenvalue weighted by Gasteiger charge is -2.19. The summed E-state index contributed by atoms with van der Waals surface area (Å²) in [5.41, 5.74) is 3.92. The molecule has 1 N–H and O–H groups in total. The second-order valence-electron chi connectivity index (χ2n) is 5.02. The molecule has 2 rings (SSSR count). The van der Waals surface area contributed by atoms with Crippen LogP contribution in [0.5, 0.6) is 0 Å². The van der Waals surface area contributed by atoms with Crippen LogP contribution in [0.1, 0.15) is 28.4 Å². The Morgan fingerprint density at radius 2 is 2.10 bits per heavy atom. The molecule has 1 heterocycles. The van der Waals surface area contributed by atoms with Crippen LogP contribution in [0.2, 0.25) is 5.15 Å². The first-order valence-corrected chi connectivity index (χ1v) is 6.93. The second kappa shape index (κ2) is 5.94. The molecule has 0 bridgehead atoms. The van der Waals surface area contributed by atoms with Crippen molar-refractivity contribution >= 4 is 11.6 Å². The fourth-order valence-corrected chi connectivity index (χ4v) is 2.72. The van der Waals surface area contributed by atoms with Crippen LogP contribution in [-0.2, 0) is 13.5 Å². The van der Waals surface area contributed by atoms with Crippen LogP contribution < -0.4 is 5.32 Å². The number of rotatable bonds is 4. The van der Waals surface area contributed by atoms with Crippen LogP contribution in [0.3, 0.4) is 0 Å². The zero-order valence-corrected chi connectivity index (χ0v) is 12.9. The Labute approximate surface area is 123 Å². The topological polar surface area (TPSA) is 29.9 Å². The molecule has 0 aliphatic heterocycles. The molecular weight excluding hydrogens is 277 g/mol. The summed E-state index contributed by atoms with van der Waals surface area (Å²) in [6.45, 7) is 3.92. The van der Waals surface area contributed by atoms with Crippen molar-refractivity contribution in [3.05, 3.63) is 51.6 Å². The highest BCUT2D eigenvalue weighted by molar-refractivity contribution is 6.30. The fraction of sp³-hybridized carbons (Fsp3) is 0.400. The molecule has 0 saturated carbocycles. The van der Waals surface area contributed by atoms with Gasteiger partial charge >= 0.3 is 0 Å². The molecule has 3 nitrogen and oxygen atoms in total. The van der Waals surface area contributed by atoms with E-state index in [0.29, 0.717) is 11.6 Å². The lowest BCUT2D eigenvalue weighted by molar-refractivity contribution is 0.573. The quantitative estimate of drug-likeness (QED) is 0.937. The van der Waals surface area contributed by atoms with Crippen molar-refractivity contribution in [1.82, 2.24) is 15.1 Å². The molecule has 0 radical (unpaired) electrons. The molecule has 5 heteroatoms. The maximum Gasteiger partial charge on any atom is 0.130 e. The standard InChI is InChI=1S/C15H19ClFN3/c1-9-5-6-11(17)7-12(9)14(18-3)8-13-10(2)19-20(4)15(13)16/h5-7,14,18H,8H2,1-4H3. The number of nitrogens with zero attached hydrogens (tertiary/aromatic N) is 2. The van der Waals surface area contributed by atoms with E-state index in [2.05, 4.69) is 10.4 Å². The predicted molar refractivity (Wildman–Crippen MR) is 79.6 cm³/mol. The van der Waals surface area contributed by atoms with Gasteiger partial charge in [0.2, 0.25) is 0 Å². The molecule has 20 heavy (non-hydrogen) atoms. The van der Waals surface area contributed by atoms with Gasteiger partial charge in [-0.15, -0.1) is 0 Å². The molecule has 0 amide bonds. The summed E-state index contributed by atoms with van der Waals surface area (Å²) in [7, 11) is 3.69. The van der Waals surface area contributed by atoms with Crippen LogP contribution in [0.4, 0.5) is 4.39 Å². The number of hydrogen-bond donors (Lipinski definition) is 1. The lowest BCUT2D eigenvalue weighted by Crippen LogP contribution is -2.20. The van der Waals surface area contributed by atoms with Gasteiger partial charge in [-0.25, -0.2) is 4.39 Å². The maximum atomic E-state index is 13.5. The minimum atomic E-state index is -0.222. The minimum Gasteiger partial charge on any atom is -0.313 e. The molecule has 0 fully saturated rings. The molecule has 1 aromatic carbocycles. The van der Waals surface area contributed by atoms with Crippen LogP contribution in [0, 0.1) is 19.7 Å². The number of nitrogens with one attached hydrogen (secondary N) is 1. The molecular formula is C15H19ClFN3. The number of halogens is 2. The normalized spacial score (nSPS) is 12.7. The Hall–Kier alpha value is -1.39. The summed E-state index contributed by atoms with van der Waals surface area (Å²) in [6.07, 6.45) is 0.680. The summed E-state index contributed by atoms with van der Waals surface area (Å²) in [4.78, 5) is 0. The third-order valence-electron chi connectivity index (χ3n) is 3.64. The van der Waals surface area contributed by atoms with Crippen molar-refractivity contribution < 1.29 is 4.39 Å². The van der Waals surface area contributed by atoms with E-state index < -0.39 is 0 Å². The molecule has 108 valence electrons. The van der Waals surface area contributed by atoms with E-state index in [1.54, 1.807) is 16.8 Å². The van der Waals surface area contributed by atoms with Gasteiger partial charge in [0.15, 0.2) is 0 Å². The first-order valence-electron chi connectivity index (χ1n) is 6.55. The number of likely N-dealkylation sites (N-methyl/N-ethyl adjacent to an activating group) is 1. The van der Waals surface area contributed by atoms with Crippen LogP contribution in [0.25, 0.3) is 0 Å². The van der Waals surface area contributed by atoms with E-state index in [1.807, 2.05) is 27.9 Å². The third-order valence-corrected chi connectivity index (χ3v) is 4.12.